The highest BCUT2D eigenvalue weighted by molar-refractivity contribution is 7.91. The van der Waals surface area contributed by atoms with Crippen molar-refractivity contribution in [3.8, 4) is 0 Å². The van der Waals surface area contributed by atoms with Gasteiger partial charge in [-0.25, -0.2) is 8.42 Å². The first-order chi connectivity index (χ1) is 11.9. The van der Waals surface area contributed by atoms with Crippen LogP contribution >= 0.6 is 22.9 Å². The van der Waals surface area contributed by atoms with Crippen LogP contribution in [0.1, 0.15) is 5.56 Å². The molecule has 2 aromatic rings. The highest BCUT2D eigenvalue weighted by Crippen LogP contribution is 2.28. The van der Waals surface area contributed by atoms with Gasteiger partial charge in [0.15, 0.2) is 0 Å². The van der Waals surface area contributed by atoms with Gasteiger partial charge in [-0.3, -0.25) is 14.5 Å². The van der Waals surface area contributed by atoms with Crippen molar-refractivity contribution in [2.75, 3.05) is 19.6 Å². The van der Waals surface area contributed by atoms with Crippen molar-refractivity contribution in [2.45, 2.75) is 10.6 Å². The average molecular weight is 399 g/mol. The number of piperazine rings is 1. The number of nitrogens with zero attached hydrogens (tertiary/aromatic N) is 2. The maximum absolute atomic E-state index is 12.5. The molecular formula is C16H15ClN2O4S2. The summed E-state index contributed by atoms with van der Waals surface area (Å²) < 4.78 is 26.3. The molecule has 0 atom stereocenters. The van der Waals surface area contributed by atoms with Crippen LogP contribution in [0.4, 0.5) is 0 Å². The van der Waals surface area contributed by atoms with Crippen LogP contribution in [0.25, 0.3) is 0 Å². The van der Waals surface area contributed by atoms with Gasteiger partial charge < -0.3 is 0 Å². The number of sulfonamides is 1. The molecule has 0 aliphatic carbocycles. The Labute approximate surface area is 154 Å². The van der Waals surface area contributed by atoms with Gasteiger partial charge in [0.2, 0.25) is 11.8 Å². The number of halogens is 1. The molecular weight excluding hydrogens is 384 g/mol. The van der Waals surface area contributed by atoms with E-state index < -0.39 is 21.8 Å². The van der Waals surface area contributed by atoms with Crippen molar-refractivity contribution in [1.82, 2.24) is 9.21 Å². The maximum atomic E-state index is 12.5. The van der Waals surface area contributed by atoms with E-state index in [1.54, 1.807) is 0 Å². The van der Waals surface area contributed by atoms with Crippen LogP contribution in [0.2, 0.25) is 4.34 Å². The summed E-state index contributed by atoms with van der Waals surface area (Å²) in [5, 5.41) is 0. The molecule has 6 nitrogen and oxygen atoms in total. The van der Waals surface area contributed by atoms with Gasteiger partial charge in [-0.1, -0.05) is 41.9 Å². The highest BCUT2D eigenvalue weighted by atomic mass is 35.5. The van der Waals surface area contributed by atoms with Gasteiger partial charge in [0.25, 0.3) is 10.0 Å². The van der Waals surface area contributed by atoms with E-state index in [0.29, 0.717) is 10.8 Å². The Hall–Kier alpha value is -1.74. The van der Waals surface area contributed by atoms with E-state index in [4.69, 9.17) is 11.6 Å². The Morgan fingerprint density at radius 1 is 1.00 bits per heavy atom. The molecule has 0 unspecified atom stereocenters. The normalized spacial score (nSPS) is 16.4. The van der Waals surface area contributed by atoms with E-state index in [1.165, 1.54) is 12.1 Å². The molecule has 132 valence electrons. The van der Waals surface area contributed by atoms with Gasteiger partial charge in [-0.05, 0) is 24.1 Å². The molecule has 9 heteroatoms. The number of imide groups is 1. The summed E-state index contributed by atoms with van der Waals surface area (Å²) in [7, 11) is -3.90. The molecule has 1 aliphatic rings. The third-order valence-corrected chi connectivity index (χ3v) is 7.33. The minimum Gasteiger partial charge on any atom is -0.280 e. The molecule has 0 spiro atoms. The molecule has 0 bridgehead atoms. The number of rotatable bonds is 5. The molecule has 3 rings (SSSR count). The number of amides is 2. The average Bonchev–Trinajstić information content (AvgIpc) is 3.02. The highest BCUT2D eigenvalue weighted by Gasteiger charge is 2.38. The summed E-state index contributed by atoms with van der Waals surface area (Å²) in [6.45, 7) is -0.461. The van der Waals surface area contributed by atoms with Crippen molar-refractivity contribution in [3.63, 3.8) is 0 Å². The summed E-state index contributed by atoms with van der Waals surface area (Å²) in [5.41, 5.74) is 1.01. The second kappa shape index (κ2) is 7.25. The zero-order chi connectivity index (χ0) is 18.0. The van der Waals surface area contributed by atoms with Gasteiger partial charge >= 0.3 is 0 Å². The molecule has 2 heterocycles. The van der Waals surface area contributed by atoms with Gasteiger partial charge in [-0.15, -0.1) is 11.3 Å². The van der Waals surface area contributed by atoms with E-state index in [9.17, 15) is 18.0 Å². The predicted octanol–water partition coefficient (Wildman–Crippen LogP) is 2.00. The SMILES string of the molecule is O=C1CN(S(=O)(=O)c2ccc(Cl)s2)CC(=O)N1CCc1ccccc1. The molecule has 0 radical (unpaired) electrons. The van der Waals surface area contributed by atoms with E-state index in [0.717, 1.165) is 26.1 Å². The Kier molecular flexibility index (Phi) is 5.24. The number of hydrogen-bond acceptors (Lipinski definition) is 5. The number of carbonyl (C=O) groups is 2. The quantitative estimate of drug-likeness (QED) is 0.722. The minimum absolute atomic E-state index is 0.0239. The Balaban J connectivity index is 1.70. The zero-order valence-corrected chi connectivity index (χ0v) is 15.5. The molecule has 1 saturated heterocycles. The number of carbonyl (C=O) groups excluding carboxylic acids is 2. The van der Waals surface area contributed by atoms with Crippen LogP contribution in [-0.4, -0.2) is 49.1 Å². The fourth-order valence-electron chi connectivity index (χ4n) is 2.54. The molecule has 1 aliphatic heterocycles. The van der Waals surface area contributed by atoms with Crippen molar-refractivity contribution in [2.24, 2.45) is 0 Å². The number of hydrogen-bond donors (Lipinski definition) is 0. The molecule has 0 N–H and O–H groups in total. The standard InChI is InChI=1S/C16H15ClN2O4S2/c17-13-6-7-16(24-13)25(22,23)18-10-14(20)19(15(21)11-18)9-8-12-4-2-1-3-5-12/h1-7H,8-11H2. The molecule has 1 fully saturated rings. The second-order valence-corrected chi connectivity index (χ2v) is 9.39. The third-order valence-electron chi connectivity index (χ3n) is 3.83. The van der Waals surface area contributed by atoms with E-state index >= 15 is 0 Å². The topological polar surface area (TPSA) is 74.8 Å². The summed E-state index contributed by atoms with van der Waals surface area (Å²) in [5.74, 6) is -1.03. The molecule has 2 amide bonds. The summed E-state index contributed by atoms with van der Waals surface area (Å²) >= 11 is 6.68. The van der Waals surface area contributed by atoms with Crippen LogP contribution in [0.3, 0.4) is 0 Å². The Morgan fingerprint density at radius 3 is 2.20 bits per heavy atom. The third kappa shape index (κ3) is 3.92. The molecule has 25 heavy (non-hydrogen) atoms. The first-order valence-corrected chi connectivity index (χ1v) is 10.1. The van der Waals surface area contributed by atoms with Gasteiger partial charge in [0.05, 0.1) is 17.4 Å². The van der Waals surface area contributed by atoms with Gasteiger partial charge in [0, 0.05) is 6.54 Å². The lowest BCUT2D eigenvalue weighted by Gasteiger charge is -2.31. The van der Waals surface area contributed by atoms with Crippen molar-refractivity contribution < 1.29 is 18.0 Å². The first-order valence-electron chi connectivity index (χ1n) is 7.50. The van der Waals surface area contributed by atoms with Crippen molar-refractivity contribution in [1.29, 1.82) is 0 Å². The number of benzene rings is 1. The lowest BCUT2D eigenvalue weighted by atomic mass is 10.1. The summed E-state index contributed by atoms with van der Waals surface area (Å²) in [6.07, 6.45) is 0.533. The molecule has 0 saturated carbocycles. The zero-order valence-electron chi connectivity index (χ0n) is 13.1. The van der Waals surface area contributed by atoms with Crippen LogP contribution in [0.15, 0.2) is 46.7 Å². The summed E-state index contributed by atoms with van der Waals surface area (Å²) in [4.78, 5) is 25.7. The van der Waals surface area contributed by atoms with Gasteiger partial charge in [-0.2, -0.15) is 4.31 Å². The molecule has 1 aromatic heterocycles. The minimum atomic E-state index is -3.90. The van der Waals surface area contributed by atoms with Crippen LogP contribution < -0.4 is 0 Å². The second-order valence-electron chi connectivity index (χ2n) is 5.51. The predicted molar refractivity (Wildman–Crippen MR) is 95.0 cm³/mol. The lowest BCUT2D eigenvalue weighted by Crippen LogP contribution is -2.55. The lowest BCUT2D eigenvalue weighted by molar-refractivity contribution is -0.149. The first kappa shape index (κ1) is 18.1. The summed E-state index contributed by atoms with van der Waals surface area (Å²) in [6, 6.07) is 12.3. The van der Waals surface area contributed by atoms with Gasteiger partial charge in [0.1, 0.15) is 4.21 Å². The monoisotopic (exact) mass is 398 g/mol. The van der Waals surface area contributed by atoms with Crippen molar-refractivity contribution in [3.05, 3.63) is 52.4 Å². The smallest absolute Gasteiger partial charge is 0.253 e. The maximum Gasteiger partial charge on any atom is 0.253 e. The largest absolute Gasteiger partial charge is 0.280 e. The van der Waals surface area contributed by atoms with E-state index in [2.05, 4.69) is 0 Å². The van der Waals surface area contributed by atoms with Crippen molar-refractivity contribution >= 4 is 44.8 Å². The van der Waals surface area contributed by atoms with Crippen LogP contribution in [0, 0.1) is 0 Å². The fourth-order valence-corrected chi connectivity index (χ4v) is 5.51. The number of thiophene rings is 1. The van der Waals surface area contributed by atoms with E-state index in [1.807, 2.05) is 30.3 Å². The fraction of sp³-hybridized carbons (Fsp3) is 0.250. The Bertz CT molecular complexity index is 878. The van der Waals surface area contributed by atoms with Crippen LogP contribution in [0.5, 0.6) is 0 Å². The Morgan fingerprint density at radius 2 is 1.64 bits per heavy atom. The van der Waals surface area contributed by atoms with Crippen LogP contribution in [-0.2, 0) is 26.0 Å². The van der Waals surface area contributed by atoms with E-state index in [-0.39, 0.29) is 23.8 Å². The molecule has 1 aromatic carbocycles.